The second-order valence-electron chi connectivity index (χ2n) is 4.86. The number of carbonyl (C=O) groups excluding carboxylic acids is 1. The standard InChI is InChI=1S/C14H14ClN3OS/c15-9-3-1-2-8(6-9)13(19)18-14-17-11-5-4-10(16)7-12(11)20-14/h1-3,6,10H,4-5,7,16H2,(H,17,18,19)/t10-/m0/s1. The summed E-state index contributed by atoms with van der Waals surface area (Å²) in [4.78, 5) is 17.8. The lowest BCUT2D eigenvalue weighted by atomic mass is 9.99. The van der Waals surface area contributed by atoms with Crippen molar-refractivity contribution >= 4 is 34.0 Å². The molecule has 0 aliphatic heterocycles. The average Bonchev–Trinajstić information content (AvgIpc) is 2.80. The number of anilines is 1. The van der Waals surface area contributed by atoms with Gasteiger partial charge >= 0.3 is 0 Å². The van der Waals surface area contributed by atoms with E-state index in [-0.39, 0.29) is 11.9 Å². The van der Waals surface area contributed by atoms with Crippen molar-refractivity contribution in [1.82, 2.24) is 4.98 Å². The number of hydrogen-bond donors (Lipinski definition) is 2. The van der Waals surface area contributed by atoms with Crippen LogP contribution in [0, 0.1) is 0 Å². The van der Waals surface area contributed by atoms with Crippen LogP contribution in [0.25, 0.3) is 0 Å². The number of amides is 1. The summed E-state index contributed by atoms with van der Waals surface area (Å²) >= 11 is 7.39. The third-order valence-corrected chi connectivity index (χ3v) is 4.56. The van der Waals surface area contributed by atoms with Crippen molar-refractivity contribution in [3.05, 3.63) is 45.4 Å². The van der Waals surface area contributed by atoms with Gasteiger partial charge in [-0.25, -0.2) is 4.98 Å². The monoisotopic (exact) mass is 307 g/mol. The zero-order valence-corrected chi connectivity index (χ0v) is 12.3. The van der Waals surface area contributed by atoms with Crippen LogP contribution < -0.4 is 11.1 Å². The molecule has 3 N–H and O–H groups in total. The molecule has 1 heterocycles. The first-order valence-electron chi connectivity index (χ1n) is 6.43. The fraction of sp³-hybridized carbons (Fsp3) is 0.286. The highest BCUT2D eigenvalue weighted by Gasteiger charge is 2.20. The fourth-order valence-corrected chi connectivity index (χ4v) is 3.54. The predicted octanol–water partition coefficient (Wildman–Crippen LogP) is 2.86. The van der Waals surface area contributed by atoms with Gasteiger partial charge in [0.25, 0.3) is 5.91 Å². The van der Waals surface area contributed by atoms with Crippen LogP contribution >= 0.6 is 22.9 Å². The Morgan fingerprint density at radius 1 is 1.50 bits per heavy atom. The number of carbonyl (C=O) groups is 1. The number of aromatic nitrogens is 1. The van der Waals surface area contributed by atoms with Crippen LogP contribution in [0.3, 0.4) is 0 Å². The maximum absolute atomic E-state index is 12.1. The van der Waals surface area contributed by atoms with Crippen molar-refractivity contribution in [3.63, 3.8) is 0 Å². The molecule has 0 unspecified atom stereocenters. The molecule has 104 valence electrons. The number of rotatable bonds is 2. The molecule has 1 aromatic carbocycles. The topological polar surface area (TPSA) is 68.0 Å². The Kier molecular flexibility index (Phi) is 3.74. The summed E-state index contributed by atoms with van der Waals surface area (Å²) in [5.74, 6) is -0.192. The van der Waals surface area contributed by atoms with Crippen LogP contribution in [-0.2, 0) is 12.8 Å². The molecule has 6 heteroatoms. The lowest BCUT2D eigenvalue weighted by Gasteiger charge is -2.15. The number of halogens is 1. The molecule has 0 bridgehead atoms. The summed E-state index contributed by atoms with van der Waals surface area (Å²) in [5.41, 5.74) is 7.54. The molecule has 0 saturated carbocycles. The Balaban J connectivity index is 1.77. The van der Waals surface area contributed by atoms with E-state index in [2.05, 4.69) is 10.3 Å². The molecule has 1 amide bonds. The molecule has 0 spiro atoms. The van der Waals surface area contributed by atoms with E-state index in [1.54, 1.807) is 24.3 Å². The number of thiazole rings is 1. The van der Waals surface area contributed by atoms with E-state index in [1.165, 1.54) is 16.2 Å². The van der Waals surface area contributed by atoms with Crippen LogP contribution in [-0.4, -0.2) is 16.9 Å². The van der Waals surface area contributed by atoms with Crippen LogP contribution in [0.5, 0.6) is 0 Å². The molecule has 1 aromatic heterocycles. The van der Waals surface area contributed by atoms with Crippen molar-refractivity contribution in [2.75, 3.05) is 5.32 Å². The van der Waals surface area contributed by atoms with Gasteiger partial charge in [0, 0.05) is 21.5 Å². The normalized spacial score (nSPS) is 17.6. The minimum atomic E-state index is -0.192. The molecule has 2 aromatic rings. The van der Waals surface area contributed by atoms with E-state index >= 15 is 0 Å². The summed E-state index contributed by atoms with van der Waals surface area (Å²) in [6, 6.07) is 7.06. The molecule has 1 aliphatic rings. The summed E-state index contributed by atoms with van der Waals surface area (Å²) in [7, 11) is 0. The summed E-state index contributed by atoms with van der Waals surface area (Å²) < 4.78 is 0. The van der Waals surface area contributed by atoms with Crippen LogP contribution in [0.15, 0.2) is 24.3 Å². The molecule has 0 fully saturated rings. The quantitative estimate of drug-likeness (QED) is 0.896. The van der Waals surface area contributed by atoms with Gasteiger partial charge in [-0.05, 0) is 37.5 Å². The van der Waals surface area contributed by atoms with Crippen molar-refractivity contribution in [3.8, 4) is 0 Å². The Morgan fingerprint density at radius 2 is 2.35 bits per heavy atom. The lowest BCUT2D eigenvalue weighted by Crippen LogP contribution is -2.27. The zero-order valence-electron chi connectivity index (χ0n) is 10.7. The number of nitrogens with two attached hydrogens (primary N) is 1. The van der Waals surface area contributed by atoms with E-state index < -0.39 is 0 Å². The van der Waals surface area contributed by atoms with Crippen molar-refractivity contribution in [2.24, 2.45) is 5.73 Å². The Hall–Kier alpha value is -1.43. The van der Waals surface area contributed by atoms with Gasteiger partial charge in [0.15, 0.2) is 5.13 Å². The van der Waals surface area contributed by atoms with E-state index in [0.29, 0.717) is 15.7 Å². The first kappa shape index (κ1) is 13.5. The second kappa shape index (κ2) is 5.52. The van der Waals surface area contributed by atoms with Crippen LogP contribution in [0.2, 0.25) is 5.02 Å². The van der Waals surface area contributed by atoms with Crippen LogP contribution in [0.1, 0.15) is 27.3 Å². The third kappa shape index (κ3) is 2.85. The highest BCUT2D eigenvalue weighted by atomic mass is 35.5. The maximum Gasteiger partial charge on any atom is 0.257 e. The number of hydrogen-bond acceptors (Lipinski definition) is 4. The van der Waals surface area contributed by atoms with Gasteiger partial charge in [-0.3, -0.25) is 10.1 Å². The predicted molar refractivity (Wildman–Crippen MR) is 81.5 cm³/mol. The fourth-order valence-electron chi connectivity index (χ4n) is 2.25. The molecule has 4 nitrogen and oxygen atoms in total. The van der Waals surface area contributed by atoms with Gasteiger partial charge in [0.1, 0.15) is 0 Å². The highest BCUT2D eigenvalue weighted by Crippen LogP contribution is 2.29. The number of benzene rings is 1. The van der Waals surface area contributed by atoms with Crippen LogP contribution in [0.4, 0.5) is 5.13 Å². The number of nitrogens with one attached hydrogen (secondary N) is 1. The minimum Gasteiger partial charge on any atom is -0.327 e. The molecule has 1 atom stereocenters. The number of fused-ring (bicyclic) bond motifs is 1. The van der Waals surface area contributed by atoms with E-state index in [0.717, 1.165) is 25.0 Å². The highest BCUT2D eigenvalue weighted by molar-refractivity contribution is 7.15. The van der Waals surface area contributed by atoms with Crippen molar-refractivity contribution in [2.45, 2.75) is 25.3 Å². The largest absolute Gasteiger partial charge is 0.327 e. The van der Waals surface area contributed by atoms with Gasteiger partial charge in [-0.2, -0.15) is 0 Å². The minimum absolute atomic E-state index is 0.192. The Bertz CT molecular complexity index is 656. The first-order chi connectivity index (χ1) is 9.61. The summed E-state index contributed by atoms with van der Waals surface area (Å²) in [6.45, 7) is 0. The van der Waals surface area contributed by atoms with E-state index in [9.17, 15) is 4.79 Å². The molecule has 20 heavy (non-hydrogen) atoms. The number of nitrogens with zero attached hydrogens (tertiary/aromatic N) is 1. The van der Waals surface area contributed by atoms with Gasteiger partial charge < -0.3 is 5.73 Å². The lowest BCUT2D eigenvalue weighted by molar-refractivity contribution is 0.102. The van der Waals surface area contributed by atoms with Crippen molar-refractivity contribution in [1.29, 1.82) is 0 Å². The Morgan fingerprint density at radius 3 is 3.15 bits per heavy atom. The summed E-state index contributed by atoms with van der Waals surface area (Å²) in [5, 5.41) is 4.00. The van der Waals surface area contributed by atoms with E-state index in [1.807, 2.05) is 0 Å². The number of aryl methyl sites for hydroxylation is 1. The second-order valence-corrected chi connectivity index (χ2v) is 6.38. The summed E-state index contributed by atoms with van der Waals surface area (Å²) in [6.07, 6.45) is 2.69. The smallest absolute Gasteiger partial charge is 0.257 e. The van der Waals surface area contributed by atoms with Gasteiger partial charge in [0.05, 0.1) is 5.69 Å². The molecular formula is C14H14ClN3OS. The molecule has 3 rings (SSSR count). The van der Waals surface area contributed by atoms with Gasteiger partial charge in [-0.1, -0.05) is 17.7 Å². The zero-order chi connectivity index (χ0) is 14.1. The van der Waals surface area contributed by atoms with Gasteiger partial charge in [-0.15, -0.1) is 11.3 Å². The molecule has 0 radical (unpaired) electrons. The Labute approximate surface area is 126 Å². The van der Waals surface area contributed by atoms with Gasteiger partial charge in [0.2, 0.25) is 0 Å². The molecular weight excluding hydrogens is 294 g/mol. The maximum atomic E-state index is 12.1. The SMILES string of the molecule is N[C@H]1CCc2nc(NC(=O)c3cccc(Cl)c3)sc2C1. The van der Waals surface area contributed by atoms with E-state index in [4.69, 9.17) is 17.3 Å². The molecule has 1 aliphatic carbocycles. The third-order valence-electron chi connectivity index (χ3n) is 3.29. The molecule has 0 saturated heterocycles. The first-order valence-corrected chi connectivity index (χ1v) is 7.62. The van der Waals surface area contributed by atoms with Crippen molar-refractivity contribution < 1.29 is 4.79 Å². The average molecular weight is 308 g/mol.